The second-order valence-corrected chi connectivity index (χ2v) is 5.99. The Bertz CT molecular complexity index is 349. The number of carbonyl (C=O) groups is 1. The molecule has 0 aromatic rings. The van der Waals surface area contributed by atoms with Crippen molar-refractivity contribution in [2.24, 2.45) is 22.2 Å². The van der Waals surface area contributed by atoms with Crippen LogP contribution in [0.25, 0.3) is 0 Å². The summed E-state index contributed by atoms with van der Waals surface area (Å²) in [6.45, 7) is 7.68. The van der Waals surface area contributed by atoms with Gasteiger partial charge in [0, 0.05) is 13.1 Å². The number of hydrogen-bond donors (Lipinski definition) is 2. The van der Waals surface area contributed by atoms with Gasteiger partial charge in [0.2, 0.25) is 5.91 Å². The van der Waals surface area contributed by atoms with Gasteiger partial charge in [-0.2, -0.15) is 0 Å². The molecule has 1 rings (SSSR count). The Kier molecular flexibility index (Phi) is 6.30. The highest BCUT2D eigenvalue weighted by molar-refractivity contribution is 6.06. The average Bonchev–Trinajstić information content (AvgIpc) is 2.51. The van der Waals surface area contributed by atoms with Crippen LogP contribution in [0.3, 0.4) is 0 Å². The molecular weight excluding hydrogens is 254 g/mol. The molecule has 0 radical (unpaired) electrons. The van der Waals surface area contributed by atoms with Crippen molar-refractivity contribution in [2.45, 2.75) is 59.3 Å². The van der Waals surface area contributed by atoms with Gasteiger partial charge in [0.1, 0.15) is 5.41 Å². The lowest BCUT2D eigenvalue weighted by atomic mass is 9.72. The third-order valence-corrected chi connectivity index (χ3v) is 4.61. The summed E-state index contributed by atoms with van der Waals surface area (Å²) < 4.78 is 0. The van der Waals surface area contributed by atoms with Crippen molar-refractivity contribution in [1.29, 1.82) is 0 Å². The van der Waals surface area contributed by atoms with Gasteiger partial charge < -0.3 is 15.8 Å². The van der Waals surface area contributed by atoms with Crippen LogP contribution >= 0.6 is 0 Å². The topological polar surface area (TPSA) is 78.9 Å². The third-order valence-electron chi connectivity index (χ3n) is 4.61. The Balaban J connectivity index is 2.97. The molecule has 3 N–H and O–H groups in total. The van der Waals surface area contributed by atoms with Crippen LogP contribution in [0.2, 0.25) is 0 Å². The molecule has 5 heteroatoms. The van der Waals surface area contributed by atoms with E-state index in [2.05, 4.69) is 19.0 Å². The Morgan fingerprint density at radius 3 is 2.40 bits per heavy atom. The molecule has 1 amide bonds. The molecule has 116 valence electrons. The quantitative estimate of drug-likeness (QED) is 0.340. The molecule has 0 aromatic heterocycles. The van der Waals surface area contributed by atoms with Crippen molar-refractivity contribution in [3.63, 3.8) is 0 Å². The fraction of sp³-hybridized carbons (Fsp3) is 0.867. The molecule has 1 aliphatic carbocycles. The summed E-state index contributed by atoms with van der Waals surface area (Å²) in [6, 6.07) is 0. The van der Waals surface area contributed by atoms with Crippen molar-refractivity contribution < 1.29 is 10.0 Å². The zero-order chi connectivity index (χ0) is 15.2. The van der Waals surface area contributed by atoms with Crippen molar-refractivity contribution in [2.75, 3.05) is 13.1 Å². The van der Waals surface area contributed by atoms with Gasteiger partial charge in [-0.15, -0.1) is 0 Å². The van der Waals surface area contributed by atoms with Crippen molar-refractivity contribution in [3.8, 4) is 0 Å². The van der Waals surface area contributed by atoms with Crippen molar-refractivity contribution in [3.05, 3.63) is 0 Å². The van der Waals surface area contributed by atoms with Crippen LogP contribution in [0.4, 0.5) is 0 Å². The first-order chi connectivity index (χ1) is 9.51. The highest BCUT2D eigenvalue weighted by Crippen LogP contribution is 2.38. The standard InChI is InChI=1S/C15H29N3O2/c1-4-12(3)11-18(5-2)14(19)15(13(16)17-20)9-7-6-8-10-15/h12,20H,4-11H2,1-3H3,(H2,16,17). The molecule has 1 fully saturated rings. The van der Waals surface area contributed by atoms with E-state index in [1.54, 1.807) is 0 Å². The maximum absolute atomic E-state index is 13.0. The maximum Gasteiger partial charge on any atom is 0.236 e. The SMILES string of the molecule is CCC(C)CN(CC)C(=O)C1(C(N)=NO)CCCCC1. The average molecular weight is 283 g/mol. The van der Waals surface area contributed by atoms with Crippen LogP contribution in [-0.4, -0.2) is 34.9 Å². The summed E-state index contributed by atoms with van der Waals surface area (Å²) in [5.41, 5.74) is 5.11. The number of nitrogens with two attached hydrogens (primary N) is 1. The minimum atomic E-state index is -0.781. The monoisotopic (exact) mass is 283 g/mol. The molecule has 5 nitrogen and oxygen atoms in total. The van der Waals surface area contributed by atoms with Crippen molar-refractivity contribution >= 4 is 11.7 Å². The van der Waals surface area contributed by atoms with Crippen LogP contribution in [0.5, 0.6) is 0 Å². The number of carbonyl (C=O) groups excluding carboxylic acids is 1. The number of oxime groups is 1. The molecule has 0 aliphatic heterocycles. The van der Waals surface area contributed by atoms with E-state index in [9.17, 15) is 4.79 Å². The zero-order valence-electron chi connectivity index (χ0n) is 13.1. The number of amidine groups is 1. The van der Waals surface area contributed by atoms with E-state index in [-0.39, 0.29) is 11.7 Å². The summed E-state index contributed by atoms with van der Waals surface area (Å²) in [7, 11) is 0. The van der Waals surface area contributed by atoms with E-state index in [1.807, 2.05) is 11.8 Å². The first-order valence-corrected chi connectivity index (χ1v) is 7.79. The van der Waals surface area contributed by atoms with Gasteiger partial charge in [0.25, 0.3) is 0 Å². The zero-order valence-corrected chi connectivity index (χ0v) is 13.1. The smallest absolute Gasteiger partial charge is 0.236 e. The molecular formula is C15H29N3O2. The van der Waals surface area contributed by atoms with Gasteiger partial charge in [0.15, 0.2) is 5.84 Å². The molecule has 1 unspecified atom stereocenters. The Morgan fingerprint density at radius 2 is 1.95 bits per heavy atom. The molecule has 0 spiro atoms. The molecule has 1 saturated carbocycles. The van der Waals surface area contributed by atoms with Crippen LogP contribution in [-0.2, 0) is 4.79 Å². The number of hydrogen-bond acceptors (Lipinski definition) is 3. The lowest BCUT2D eigenvalue weighted by molar-refractivity contribution is -0.140. The minimum absolute atomic E-state index is 0.0373. The minimum Gasteiger partial charge on any atom is -0.409 e. The number of rotatable bonds is 6. The van der Waals surface area contributed by atoms with E-state index in [0.717, 1.165) is 32.2 Å². The van der Waals surface area contributed by atoms with Crippen LogP contribution in [0.1, 0.15) is 59.3 Å². The molecule has 1 atom stereocenters. The van der Waals surface area contributed by atoms with Crippen LogP contribution in [0, 0.1) is 11.3 Å². The van der Waals surface area contributed by atoms with Gasteiger partial charge in [-0.05, 0) is 25.7 Å². The fourth-order valence-electron chi connectivity index (χ4n) is 2.99. The largest absolute Gasteiger partial charge is 0.409 e. The fourth-order valence-corrected chi connectivity index (χ4v) is 2.99. The Morgan fingerprint density at radius 1 is 1.35 bits per heavy atom. The highest BCUT2D eigenvalue weighted by atomic mass is 16.4. The van der Waals surface area contributed by atoms with E-state index in [1.165, 1.54) is 0 Å². The lowest BCUT2D eigenvalue weighted by Crippen LogP contribution is -2.53. The molecule has 0 saturated heterocycles. The predicted octanol–water partition coefficient (Wildman–Crippen LogP) is 2.58. The molecule has 0 aromatic carbocycles. The number of amides is 1. The predicted molar refractivity (Wildman–Crippen MR) is 80.6 cm³/mol. The third kappa shape index (κ3) is 3.44. The van der Waals surface area contributed by atoms with E-state index >= 15 is 0 Å². The summed E-state index contributed by atoms with van der Waals surface area (Å²) in [6.07, 6.45) is 5.47. The normalized spacial score (nSPS) is 20.4. The second-order valence-electron chi connectivity index (χ2n) is 5.99. The molecule has 1 aliphatic rings. The van der Waals surface area contributed by atoms with Crippen molar-refractivity contribution in [1.82, 2.24) is 4.90 Å². The summed E-state index contributed by atoms with van der Waals surface area (Å²) >= 11 is 0. The molecule has 0 bridgehead atoms. The van der Waals surface area contributed by atoms with E-state index in [4.69, 9.17) is 10.9 Å². The number of nitrogens with zero attached hydrogens (tertiary/aromatic N) is 2. The van der Waals surface area contributed by atoms with Gasteiger partial charge in [-0.1, -0.05) is 44.7 Å². The van der Waals surface area contributed by atoms with Gasteiger partial charge >= 0.3 is 0 Å². The second kappa shape index (κ2) is 7.50. The summed E-state index contributed by atoms with van der Waals surface area (Å²) in [5.74, 6) is 0.590. The Hall–Kier alpha value is -1.26. The summed E-state index contributed by atoms with van der Waals surface area (Å²) in [4.78, 5) is 14.8. The van der Waals surface area contributed by atoms with E-state index < -0.39 is 5.41 Å². The van der Waals surface area contributed by atoms with Gasteiger partial charge in [-0.3, -0.25) is 4.79 Å². The van der Waals surface area contributed by atoms with Crippen LogP contribution < -0.4 is 5.73 Å². The lowest BCUT2D eigenvalue weighted by Gasteiger charge is -2.39. The molecule has 20 heavy (non-hydrogen) atoms. The maximum atomic E-state index is 13.0. The van der Waals surface area contributed by atoms with E-state index in [0.29, 0.717) is 25.3 Å². The van der Waals surface area contributed by atoms with Gasteiger partial charge in [-0.25, -0.2) is 0 Å². The Labute approximate surface area is 122 Å². The van der Waals surface area contributed by atoms with Crippen LogP contribution in [0.15, 0.2) is 5.16 Å². The first kappa shape index (κ1) is 16.8. The molecule has 0 heterocycles. The highest BCUT2D eigenvalue weighted by Gasteiger charge is 2.45. The summed E-state index contributed by atoms with van der Waals surface area (Å²) in [5, 5.41) is 12.2. The first-order valence-electron chi connectivity index (χ1n) is 7.79. The van der Waals surface area contributed by atoms with Gasteiger partial charge in [0.05, 0.1) is 0 Å².